The minimum Gasteiger partial charge on any atom is -0.368 e. The van der Waals surface area contributed by atoms with Gasteiger partial charge in [-0.2, -0.15) is 0 Å². The molecule has 4 N–H and O–H groups in total. The van der Waals surface area contributed by atoms with Crippen molar-refractivity contribution in [2.75, 3.05) is 0 Å². The van der Waals surface area contributed by atoms with Crippen LogP contribution < -0.4 is 16.4 Å². The molecule has 0 saturated heterocycles. The number of carbonyl (C=O) groups excluding carboxylic acids is 2. The molecular weight excluding hydrogens is 300 g/mol. The highest BCUT2D eigenvalue weighted by molar-refractivity contribution is 7.11. The van der Waals surface area contributed by atoms with Gasteiger partial charge in [-0.3, -0.25) is 4.79 Å². The van der Waals surface area contributed by atoms with Gasteiger partial charge < -0.3 is 16.4 Å². The summed E-state index contributed by atoms with van der Waals surface area (Å²) < 4.78 is 0. The lowest BCUT2D eigenvalue weighted by molar-refractivity contribution is -0.123. The average Bonchev–Trinajstić information content (AvgIpc) is 3.05. The van der Waals surface area contributed by atoms with E-state index in [1.165, 1.54) is 0 Å². The van der Waals surface area contributed by atoms with E-state index in [1.54, 1.807) is 11.3 Å². The van der Waals surface area contributed by atoms with Crippen molar-refractivity contribution in [3.63, 3.8) is 0 Å². The number of nitrogens with two attached hydrogens (primary N) is 1. The second-order valence-corrected chi connectivity index (χ2v) is 7.14. The van der Waals surface area contributed by atoms with E-state index in [9.17, 15) is 9.59 Å². The molecule has 1 aliphatic carbocycles. The van der Waals surface area contributed by atoms with Gasteiger partial charge in [-0.15, -0.1) is 11.3 Å². The van der Waals surface area contributed by atoms with Gasteiger partial charge in [0.2, 0.25) is 5.91 Å². The highest BCUT2D eigenvalue weighted by atomic mass is 32.1. The number of nitrogens with zero attached hydrogens (tertiary/aromatic N) is 1. The van der Waals surface area contributed by atoms with Crippen LogP contribution in [-0.2, 0) is 4.79 Å². The molecule has 3 amide bonds. The van der Waals surface area contributed by atoms with E-state index in [0.717, 1.165) is 34.8 Å². The first-order valence-corrected chi connectivity index (χ1v) is 8.52. The minimum absolute atomic E-state index is 0.149. The van der Waals surface area contributed by atoms with Gasteiger partial charge in [0.1, 0.15) is 10.5 Å². The van der Waals surface area contributed by atoms with Crippen molar-refractivity contribution in [2.45, 2.75) is 64.5 Å². The second-order valence-electron chi connectivity index (χ2n) is 5.91. The maximum absolute atomic E-state index is 12.3. The fourth-order valence-corrected chi connectivity index (χ4v) is 3.87. The standard InChI is InChI=1S/C15H24N4O2S/c1-4-11(12-17-9(2)10(3)22-12)18-14(21)19-15(13(16)20)7-5-6-8-15/h11H,4-8H2,1-3H3,(H2,16,20)(H2,18,19,21)/t11-/m0/s1. The van der Waals surface area contributed by atoms with E-state index in [0.29, 0.717) is 12.8 Å². The number of urea groups is 1. The zero-order chi connectivity index (χ0) is 16.3. The van der Waals surface area contributed by atoms with Crippen LogP contribution in [-0.4, -0.2) is 22.5 Å². The van der Waals surface area contributed by atoms with E-state index in [-0.39, 0.29) is 12.1 Å². The summed E-state index contributed by atoms with van der Waals surface area (Å²) in [5.74, 6) is -0.450. The zero-order valence-electron chi connectivity index (χ0n) is 13.4. The van der Waals surface area contributed by atoms with Crippen molar-refractivity contribution < 1.29 is 9.59 Å². The molecule has 1 aliphatic rings. The van der Waals surface area contributed by atoms with Crippen LogP contribution in [0, 0.1) is 13.8 Å². The molecule has 0 aromatic carbocycles. The summed E-state index contributed by atoms with van der Waals surface area (Å²) in [7, 11) is 0. The molecule has 0 unspecified atom stereocenters. The number of primary amides is 1. The number of aromatic nitrogens is 1. The van der Waals surface area contributed by atoms with Crippen LogP contribution in [0.3, 0.4) is 0 Å². The number of hydrogen-bond acceptors (Lipinski definition) is 4. The number of aryl methyl sites for hydroxylation is 2. The van der Waals surface area contributed by atoms with Crippen LogP contribution >= 0.6 is 11.3 Å². The molecule has 0 spiro atoms. The molecule has 1 aromatic heterocycles. The number of carbonyl (C=O) groups is 2. The average molecular weight is 324 g/mol. The fourth-order valence-electron chi connectivity index (χ4n) is 2.81. The molecule has 7 heteroatoms. The molecule has 2 rings (SSSR count). The van der Waals surface area contributed by atoms with Crippen molar-refractivity contribution >= 4 is 23.3 Å². The van der Waals surface area contributed by atoms with E-state index >= 15 is 0 Å². The Morgan fingerprint density at radius 3 is 2.45 bits per heavy atom. The van der Waals surface area contributed by atoms with Crippen LogP contribution in [0.5, 0.6) is 0 Å². The molecule has 0 bridgehead atoms. The van der Waals surface area contributed by atoms with Crippen molar-refractivity contribution in [3.05, 3.63) is 15.6 Å². The minimum atomic E-state index is -0.892. The molecule has 1 fully saturated rings. The predicted octanol–water partition coefficient (Wildman–Crippen LogP) is 2.31. The Morgan fingerprint density at radius 2 is 2.00 bits per heavy atom. The largest absolute Gasteiger partial charge is 0.368 e. The molecule has 0 radical (unpaired) electrons. The number of thiazole rings is 1. The van der Waals surface area contributed by atoms with Gasteiger partial charge >= 0.3 is 6.03 Å². The normalized spacial score (nSPS) is 18.0. The molecule has 0 aliphatic heterocycles. The van der Waals surface area contributed by atoms with Crippen molar-refractivity contribution in [3.8, 4) is 0 Å². The third kappa shape index (κ3) is 3.40. The second kappa shape index (κ2) is 6.64. The lowest BCUT2D eigenvalue weighted by atomic mass is 9.97. The van der Waals surface area contributed by atoms with Crippen molar-refractivity contribution in [1.82, 2.24) is 15.6 Å². The Labute approximate surface area is 134 Å². The molecule has 122 valence electrons. The zero-order valence-corrected chi connectivity index (χ0v) is 14.2. The Morgan fingerprint density at radius 1 is 1.36 bits per heavy atom. The summed E-state index contributed by atoms with van der Waals surface area (Å²) in [5, 5.41) is 6.62. The molecular formula is C15H24N4O2S. The SMILES string of the molecule is CC[C@H](NC(=O)NC1(C(N)=O)CCCC1)c1nc(C)c(C)s1. The first kappa shape index (κ1) is 16.7. The first-order valence-electron chi connectivity index (χ1n) is 7.70. The topological polar surface area (TPSA) is 97.1 Å². The van der Waals surface area contributed by atoms with Crippen LogP contribution in [0.4, 0.5) is 4.79 Å². The number of hydrogen-bond donors (Lipinski definition) is 3. The molecule has 1 saturated carbocycles. The van der Waals surface area contributed by atoms with Gasteiger partial charge in [0.15, 0.2) is 0 Å². The van der Waals surface area contributed by atoms with Gasteiger partial charge in [-0.1, -0.05) is 19.8 Å². The molecule has 6 nitrogen and oxygen atoms in total. The van der Waals surface area contributed by atoms with E-state index in [1.807, 2.05) is 20.8 Å². The van der Waals surface area contributed by atoms with Crippen molar-refractivity contribution in [1.29, 1.82) is 0 Å². The summed E-state index contributed by atoms with van der Waals surface area (Å²) >= 11 is 1.59. The molecule has 1 aromatic rings. The molecule has 22 heavy (non-hydrogen) atoms. The van der Waals surface area contributed by atoms with Gasteiger partial charge in [-0.25, -0.2) is 9.78 Å². The van der Waals surface area contributed by atoms with Gasteiger partial charge in [0.05, 0.1) is 11.7 Å². The van der Waals surface area contributed by atoms with Crippen LogP contribution in [0.25, 0.3) is 0 Å². The predicted molar refractivity (Wildman–Crippen MR) is 86.7 cm³/mol. The Kier molecular flexibility index (Phi) is 5.05. The number of rotatable bonds is 5. The summed E-state index contributed by atoms with van der Waals surface area (Å²) in [6.45, 7) is 5.98. The summed E-state index contributed by atoms with van der Waals surface area (Å²) in [4.78, 5) is 29.6. The van der Waals surface area contributed by atoms with Crippen LogP contribution in [0.2, 0.25) is 0 Å². The van der Waals surface area contributed by atoms with Crippen molar-refractivity contribution in [2.24, 2.45) is 5.73 Å². The smallest absolute Gasteiger partial charge is 0.316 e. The maximum atomic E-state index is 12.3. The Hall–Kier alpha value is -1.63. The van der Waals surface area contributed by atoms with Gasteiger partial charge in [-0.05, 0) is 33.1 Å². The van der Waals surface area contributed by atoms with E-state index in [4.69, 9.17) is 5.73 Å². The summed E-state index contributed by atoms with van der Waals surface area (Å²) in [6, 6.07) is -0.498. The van der Waals surface area contributed by atoms with E-state index in [2.05, 4.69) is 15.6 Å². The lowest BCUT2D eigenvalue weighted by Gasteiger charge is -2.27. The lowest BCUT2D eigenvalue weighted by Crippen LogP contribution is -2.58. The quantitative estimate of drug-likeness (QED) is 0.775. The third-order valence-corrected chi connectivity index (χ3v) is 5.52. The molecule has 1 heterocycles. The Bertz CT molecular complexity index is 544. The maximum Gasteiger partial charge on any atom is 0.316 e. The number of amides is 3. The third-order valence-electron chi connectivity index (χ3n) is 4.34. The van der Waals surface area contributed by atoms with Gasteiger partial charge in [0.25, 0.3) is 0 Å². The van der Waals surface area contributed by atoms with E-state index < -0.39 is 11.4 Å². The Balaban J connectivity index is 2.04. The monoisotopic (exact) mass is 324 g/mol. The van der Waals surface area contributed by atoms with Crippen LogP contribution in [0.15, 0.2) is 0 Å². The highest BCUT2D eigenvalue weighted by Gasteiger charge is 2.41. The molecule has 1 atom stereocenters. The summed E-state index contributed by atoms with van der Waals surface area (Å²) in [6.07, 6.45) is 3.78. The van der Waals surface area contributed by atoms with Gasteiger partial charge in [0, 0.05) is 4.88 Å². The van der Waals surface area contributed by atoms with Crippen LogP contribution in [0.1, 0.15) is 60.6 Å². The summed E-state index contributed by atoms with van der Waals surface area (Å²) in [5.41, 5.74) is 5.59. The number of nitrogens with one attached hydrogen (secondary N) is 2. The fraction of sp³-hybridized carbons (Fsp3) is 0.667. The first-order chi connectivity index (χ1) is 10.4. The highest BCUT2D eigenvalue weighted by Crippen LogP contribution is 2.30.